The molecule has 2 aromatic rings. The summed E-state index contributed by atoms with van der Waals surface area (Å²) < 4.78 is 5.50. The van der Waals surface area contributed by atoms with E-state index in [2.05, 4.69) is 0 Å². The minimum atomic E-state index is -0.488. The van der Waals surface area contributed by atoms with E-state index in [1.807, 2.05) is 0 Å². The largest absolute Gasteiger partial charge is 0.487 e. The number of benzene rings is 2. The minimum Gasteiger partial charge on any atom is -0.487 e. The van der Waals surface area contributed by atoms with Crippen LogP contribution in [0.25, 0.3) is 0 Å². The Morgan fingerprint density at radius 3 is 2.60 bits per heavy atom. The Balaban J connectivity index is 2.18. The Hall–Kier alpha value is -1.98. The van der Waals surface area contributed by atoms with Crippen LogP contribution in [0.2, 0.25) is 10.0 Å². The minimum absolute atomic E-state index is 0.0417. The van der Waals surface area contributed by atoms with Crippen LogP contribution in [0, 0.1) is 10.1 Å². The molecule has 0 aliphatic rings. The van der Waals surface area contributed by atoms with Crippen molar-refractivity contribution in [3.63, 3.8) is 0 Å². The number of nitro groups is 1. The molecule has 0 saturated heterocycles. The van der Waals surface area contributed by atoms with Crippen molar-refractivity contribution in [2.24, 2.45) is 0 Å². The fraction of sp³-hybridized carbons (Fsp3) is 0.0769. The van der Waals surface area contributed by atoms with Gasteiger partial charge in [-0.25, -0.2) is 0 Å². The van der Waals surface area contributed by atoms with Crippen LogP contribution < -0.4 is 10.5 Å². The van der Waals surface area contributed by atoms with E-state index in [4.69, 9.17) is 33.7 Å². The number of hydrogen-bond acceptors (Lipinski definition) is 4. The topological polar surface area (TPSA) is 78.4 Å². The zero-order chi connectivity index (χ0) is 14.7. The lowest BCUT2D eigenvalue weighted by molar-refractivity contribution is -0.384. The summed E-state index contributed by atoms with van der Waals surface area (Å²) in [6.07, 6.45) is 0. The molecule has 0 aromatic heterocycles. The van der Waals surface area contributed by atoms with E-state index in [-0.39, 0.29) is 12.3 Å². The van der Waals surface area contributed by atoms with Crippen molar-refractivity contribution in [1.82, 2.24) is 0 Å². The molecule has 2 N–H and O–H groups in total. The van der Waals surface area contributed by atoms with Gasteiger partial charge in [0.05, 0.1) is 9.95 Å². The number of non-ortho nitro benzene ring substituents is 1. The average Bonchev–Trinajstić information content (AvgIpc) is 2.39. The molecule has 20 heavy (non-hydrogen) atoms. The van der Waals surface area contributed by atoms with Crippen molar-refractivity contribution < 1.29 is 9.66 Å². The van der Waals surface area contributed by atoms with Gasteiger partial charge in [0.25, 0.3) is 5.69 Å². The second-order valence-corrected chi connectivity index (χ2v) is 4.85. The number of rotatable bonds is 4. The lowest BCUT2D eigenvalue weighted by atomic mass is 10.1. The highest BCUT2D eigenvalue weighted by Crippen LogP contribution is 2.29. The van der Waals surface area contributed by atoms with E-state index >= 15 is 0 Å². The van der Waals surface area contributed by atoms with Crippen molar-refractivity contribution in [3.05, 3.63) is 62.1 Å². The molecular formula is C13H10Cl2N2O3. The predicted octanol–water partition coefficient (Wildman–Crippen LogP) is 4.06. The number of halogens is 2. The summed E-state index contributed by atoms with van der Waals surface area (Å²) in [5, 5.41) is 11.6. The van der Waals surface area contributed by atoms with E-state index in [9.17, 15) is 10.1 Å². The highest BCUT2D eigenvalue weighted by molar-refractivity contribution is 6.35. The lowest BCUT2D eigenvalue weighted by Gasteiger charge is -2.10. The number of hydrogen-bond donors (Lipinski definition) is 1. The van der Waals surface area contributed by atoms with Crippen LogP contribution in [0.3, 0.4) is 0 Å². The van der Waals surface area contributed by atoms with Gasteiger partial charge in [-0.05, 0) is 24.3 Å². The van der Waals surface area contributed by atoms with Crippen LogP contribution in [0.4, 0.5) is 11.4 Å². The first-order chi connectivity index (χ1) is 9.47. The molecule has 0 atom stereocenters. The monoisotopic (exact) mass is 312 g/mol. The Morgan fingerprint density at radius 2 is 1.95 bits per heavy atom. The Bertz CT molecular complexity index is 662. The van der Waals surface area contributed by atoms with E-state index in [1.54, 1.807) is 18.2 Å². The lowest BCUT2D eigenvalue weighted by Crippen LogP contribution is -2.02. The Labute approximate surface area is 125 Å². The highest BCUT2D eigenvalue weighted by Gasteiger charge is 2.10. The van der Waals surface area contributed by atoms with Gasteiger partial charge in [-0.2, -0.15) is 0 Å². The summed E-state index contributed by atoms with van der Waals surface area (Å²) in [6.45, 7) is 0.0782. The molecule has 0 spiro atoms. The number of ether oxygens (including phenoxy) is 1. The van der Waals surface area contributed by atoms with Crippen molar-refractivity contribution in [2.75, 3.05) is 5.73 Å². The van der Waals surface area contributed by atoms with Crippen LogP contribution in [0.1, 0.15) is 5.56 Å². The van der Waals surface area contributed by atoms with Crippen LogP contribution in [0.5, 0.6) is 5.75 Å². The quantitative estimate of drug-likeness (QED) is 0.524. The van der Waals surface area contributed by atoms with Crippen molar-refractivity contribution in [3.8, 4) is 5.75 Å². The van der Waals surface area contributed by atoms with Gasteiger partial charge in [0.15, 0.2) is 0 Å². The van der Waals surface area contributed by atoms with Gasteiger partial charge in [0, 0.05) is 28.4 Å². The van der Waals surface area contributed by atoms with Crippen molar-refractivity contribution in [1.29, 1.82) is 0 Å². The maximum absolute atomic E-state index is 10.7. The molecule has 0 aliphatic carbocycles. The summed E-state index contributed by atoms with van der Waals surface area (Å²) in [5.74, 6) is 0.432. The van der Waals surface area contributed by atoms with Crippen LogP contribution in [-0.4, -0.2) is 4.92 Å². The van der Waals surface area contributed by atoms with Gasteiger partial charge in [-0.3, -0.25) is 10.1 Å². The normalized spacial score (nSPS) is 10.3. The highest BCUT2D eigenvalue weighted by atomic mass is 35.5. The third kappa shape index (κ3) is 3.31. The number of nitrogen functional groups attached to an aromatic ring is 1. The second kappa shape index (κ2) is 5.98. The third-order valence-electron chi connectivity index (χ3n) is 2.61. The molecule has 0 saturated carbocycles. The van der Waals surface area contributed by atoms with Crippen LogP contribution in [0.15, 0.2) is 36.4 Å². The number of nitro benzene ring substituents is 1. The summed E-state index contributed by atoms with van der Waals surface area (Å²) in [5.41, 5.74) is 6.65. The zero-order valence-electron chi connectivity index (χ0n) is 10.2. The molecule has 104 valence electrons. The first-order valence-corrected chi connectivity index (χ1v) is 6.33. The first-order valence-electron chi connectivity index (χ1n) is 5.58. The fourth-order valence-electron chi connectivity index (χ4n) is 1.58. The van der Waals surface area contributed by atoms with Gasteiger partial charge in [-0.15, -0.1) is 0 Å². The predicted molar refractivity (Wildman–Crippen MR) is 78.3 cm³/mol. The van der Waals surface area contributed by atoms with Crippen molar-refractivity contribution >= 4 is 34.6 Å². The molecule has 0 amide bonds. The van der Waals surface area contributed by atoms with E-state index in [0.29, 0.717) is 27.0 Å². The Morgan fingerprint density at radius 1 is 1.20 bits per heavy atom. The smallest absolute Gasteiger partial charge is 0.269 e. The summed E-state index contributed by atoms with van der Waals surface area (Å²) >= 11 is 11.7. The summed E-state index contributed by atoms with van der Waals surface area (Å²) in [7, 11) is 0. The summed E-state index contributed by atoms with van der Waals surface area (Å²) in [4.78, 5) is 10.2. The van der Waals surface area contributed by atoms with Gasteiger partial charge in [0.2, 0.25) is 0 Å². The molecule has 2 rings (SSSR count). The maximum atomic E-state index is 10.7. The van der Waals surface area contributed by atoms with Gasteiger partial charge in [-0.1, -0.05) is 23.2 Å². The fourth-order valence-corrected chi connectivity index (χ4v) is 2.04. The molecule has 0 unspecified atom stereocenters. The molecule has 0 fully saturated rings. The van der Waals surface area contributed by atoms with E-state index in [0.717, 1.165) is 0 Å². The van der Waals surface area contributed by atoms with Crippen LogP contribution in [-0.2, 0) is 6.61 Å². The standard InChI is InChI=1S/C13H10Cl2N2O3/c14-9-1-4-13(11(15)6-9)20-7-8-5-10(17(18)19)2-3-12(8)16/h1-6H,7,16H2. The number of anilines is 1. The average molecular weight is 313 g/mol. The molecule has 7 heteroatoms. The molecule has 5 nitrogen and oxygen atoms in total. The van der Waals surface area contributed by atoms with Crippen LogP contribution >= 0.6 is 23.2 Å². The first kappa shape index (κ1) is 14.4. The molecule has 2 aromatic carbocycles. The number of nitrogens with zero attached hydrogens (tertiary/aromatic N) is 1. The molecule has 0 bridgehead atoms. The molecular weight excluding hydrogens is 303 g/mol. The van der Waals surface area contributed by atoms with Crippen molar-refractivity contribution in [2.45, 2.75) is 6.61 Å². The molecule has 0 heterocycles. The summed E-state index contributed by atoms with van der Waals surface area (Å²) in [6, 6.07) is 9.00. The van der Waals surface area contributed by atoms with Gasteiger partial charge < -0.3 is 10.5 Å². The Kier molecular flexibility index (Phi) is 4.32. The zero-order valence-corrected chi connectivity index (χ0v) is 11.7. The second-order valence-electron chi connectivity index (χ2n) is 4.00. The maximum Gasteiger partial charge on any atom is 0.269 e. The van der Waals surface area contributed by atoms with E-state index in [1.165, 1.54) is 18.2 Å². The van der Waals surface area contributed by atoms with Gasteiger partial charge in [0.1, 0.15) is 12.4 Å². The molecule has 0 radical (unpaired) electrons. The third-order valence-corrected chi connectivity index (χ3v) is 3.14. The van der Waals surface area contributed by atoms with E-state index < -0.39 is 4.92 Å². The van der Waals surface area contributed by atoms with Gasteiger partial charge >= 0.3 is 0 Å². The molecule has 0 aliphatic heterocycles. The number of nitrogens with two attached hydrogens (primary N) is 1. The SMILES string of the molecule is Nc1ccc([N+](=O)[O-])cc1COc1ccc(Cl)cc1Cl.